The molecule has 0 aromatic heterocycles. The van der Waals surface area contributed by atoms with Crippen molar-refractivity contribution in [2.45, 2.75) is 31.7 Å². The normalized spacial score (nSPS) is 20.2. The summed E-state index contributed by atoms with van der Waals surface area (Å²) in [5.41, 5.74) is 5.34. The van der Waals surface area contributed by atoms with Gasteiger partial charge in [-0.15, -0.1) is 10.1 Å². The Morgan fingerprint density at radius 3 is 2.85 bits per heavy atom. The molecule has 1 rings (SSSR count). The van der Waals surface area contributed by atoms with E-state index in [1.165, 1.54) is 0 Å². The van der Waals surface area contributed by atoms with E-state index < -0.39 is 17.1 Å². The van der Waals surface area contributed by atoms with Gasteiger partial charge in [0.2, 0.25) is 5.91 Å². The maximum Gasteiger partial charge on any atom is 0.320 e. The van der Waals surface area contributed by atoms with E-state index in [1.807, 2.05) is 0 Å². The summed E-state index contributed by atoms with van der Waals surface area (Å²) in [7, 11) is 0. The number of aliphatic carboxylic acids is 1. The third kappa shape index (κ3) is 5.39. The highest BCUT2D eigenvalue weighted by Crippen LogP contribution is 2.18. The minimum Gasteiger partial charge on any atom is -0.480 e. The van der Waals surface area contributed by atoms with Gasteiger partial charge >= 0.3 is 5.97 Å². The summed E-state index contributed by atoms with van der Waals surface area (Å²) >= 11 is 0. The first kappa shape index (κ1) is 16.2. The third-order valence-corrected chi connectivity index (χ3v) is 3.27. The average Bonchev–Trinajstić information content (AvgIpc) is 2.42. The first-order valence-electron chi connectivity index (χ1n) is 6.43. The molecule has 1 heterocycles. The van der Waals surface area contributed by atoms with Gasteiger partial charge in [0.1, 0.15) is 12.6 Å². The van der Waals surface area contributed by atoms with Gasteiger partial charge < -0.3 is 20.6 Å². The van der Waals surface area contributed by atoms with Crippen molar-refractivity contribution in [3.8, 4) is 0 Å². The maximum atomic E-state index is 11.9. The lowest BCUT2D eigenvalue weighted by molar-refractivity contribution is -0.759. The monoisotopic (exact) mass is 289 g/mol. The number of carbonyl (C=O) groups excluding carboxylic acids is 1. The molecule has 0 spiro atoms. The first-order valence-corrected chi connectivity index (χ1v) is 6.43. The van der Waals surface area contributed by atoms with Crippen LogP contribution in [0.1, 0.15) is 25.7 Å². The van der Waals surface area contributed by atoms with Gasteiger partial charge in [0, 0.05) is 25.4 Å². The summed E-state index contributed by atoms with van der Waals surface area (Å²) in [6.45, 7) is 0.955. The van der Waals surface area contributed by atoms with Crippen LogP contribution in [-0.4, -0.2) is 52.7 Å². The van der Waals surface area contributed by atoms with Crippen LogP contribution < -0.4 is 5.73 Å². The van der Waals surface area contributed by atoms with Gasteiger partial charge in [-0.1, -0.05) is 0 Å². The van der Waals surface area contributed by atoms with Crippen LogP contribution in [0.2, 0.25) is 0 Å². The number of carbonyl (C=O) groups is 2. The van der Waals surface area contributed by atoms with Crippen LogP contribution in [0.3, 0.4) is 0 Å². The van der Waals surface area contributed by atoms with Crippen LogP contribution in [0.25, 0.3) is 0 Å². The Hall–Kier alpha value is -1.90. The summed E-state index contributed by atoms with van der Waals surface area (Å²) in [4.78, 5) is 38.5. The van der Waals surface area contributed by atoms with E-state index in [-0.39, 0.29) is 31.3 Å². The van der Waals surface area contributed by atoms with Crippen molar-refractivity contribution in [2.75, 3.05) is 19.7 Å². The van der Waals surface area contributed by atoms with Crippen LogP contribution in [0.4, 0.5) is 0 Å². The largest absolute Gasteiger partial charge is 0.480 e. The lowest BCUT2D eigenvalue weighted by Crippen LogP contribution is -2.42. The SMILES string of the molecule is N[C@@H](CCC(=O)N1CCCC(CO[N+](=O)[O-])C1)C(=O)O. The molecule has 1 fully saturated rings. The Bertz CT molecular complexity index is 375. The second-order valence-corrected chi connectivity index (χ2v) is 4.85. The van der Waals surface area contributed by atoms with Crippen molar-refractivity contribution in [1.29, 1.82) is 0 Å². The highest BCUT2D eigenvalue weighted by molar-refractivity contribution is 5.78. The first-order chi connectivity index (χ1) is 9.40. The molecule has 9 nitrogen and oxygen atoms in total. The average molecular weight is 289 g/mol. The zero-order valence-electron chi connectivity index (χ0n) is 11.1. The van der Waals surface area contributed by atoms with E-state index in [1.54, 1.807) is 4.90 Å². The minimum absolute atomic E-state index is 0.0224. The van der Waals surface area contributed by atoms with Gasteiger partial charge in [-0.25, -0.2) is 0 Å². The molecule has 9 heteroatoms. The Labute approximate surface area is 115 Å². The summed E-state index contributed by atoms with van der Waals surface area (Å²) in [5, 5.41) is 17.9. The third-order valence-electron chi connectivity index (χ3n) is 3.27. The van der Waals surface area contributed by atoms with E-state index in [4.69, 9.17) is 10.8 Å². The van der Waals surface area contributed by atoms with Crippen molar-refractivity contribution in [3.05, 3.63) is 10.1 Å². The number of hydrogen-bond donors (Lipinski definition) is 2. The standard InChI is InChI=1S/C11H19N3O6/c12-9(11(16)17)3-4-10(15)13-5-1-2-8(6-13)7-20-14(18)19/h8-9H,1-7,12H2,(H,16,17)/t8?,9-/m0/s1. The number of piperidine rings is 1. The predicted octanol–water partition coefficient (Wildman–Crippen LogP) is -0.375. The minimum atomic E-state index is -1.13. The molecule has 1 unspecified atom stereocenters. The molecule has 0 radical (unpaired) electrons. The molecule has 1 aliphatic heterocycles. The maximum absolute atomic E-state index is 11.9. The zero-order chi connectivity index (χ0) is 15.1. The van der Waals surface area contributed by atoms with Crippen LogP contribution >= 0.6 is 0 Å². The Balaban J connectivity index is 2.36. The molecule has 0 aliphatic carbocycles. The number of carboxylic acid groups (broad SMARTS) is 1. The van der Waals surface area contributed by atoms with Crippen molar-refractivity contribution >= 4 is 11.9 Å². The highest BCUT2D eigenvalue weighted by Gasteiger charge is 2.25. The number of hydrogen-bond acceptors (Lipinski definition) is 6. The Kier molecular flexibility index (Phi) is 6.16. The summed E-state index contributed by atoms with van der Waals surface area (Å²) in [5.74, 6) is -1.37. The van der Waals surface area contributed by atoms with Crippen molar-refractivity contribution in [2.24, 2.45) is 11.7 Å². The zero-order valence-corrected chi connectivity index (χ0v) is 11.1. The van der Waals surface area contributed by atoms with Crippen molar-refractivity contribution in [3.63, 3.8) is 0 Å². The van der Waals surface area contributed by atoms with E-state index in [2.05, 4.69) is 4.84 Å². The van der Waals surface area contributed by atoms with Crippen molar-refractivity contribution < 1.29 is 24.6 Å². The lowest BCUT2D eigenvalue weighted by Gasteiger charge is -2.32. The van der Waals surface area contributed by atoms with Gasteiger partial charge in [-0.05, 0) is 19.3 Å². The molecule has 1 amide bonds. The number of nitrogens with zero attached hydrogens (tertiary/aromatic N) is 2. The molecule has 1 aliphatic rings. The van der Waals surface area contributed by atoms with Crippen LogP contribution in [-0.2, 0) is 14.4 Å². The number of nitrogens with two attached hydrogens (primary N) is 1. The van der Waals surface area contributed by atoms with Gasteiger partial charge in [-0.2, -0.15) is 0 Å². The molecule has 20 heavy (non-hydrogen) atoms. The second kappa shape index (κ2) is 7.63. The summed E-state index contributed by atoms with van der Waals surface area (Å²) in [6, 6.07) is -1.04. The van der Waals surface area contributed by atoms with Crippen LogP contribution in [0.5, 0.6) is 0 Å². The number of rotatable bonds is 7. The second-order valence-electron chi connectivity index (χ2n) is 4.85. The quantitative estimate of drug-likeness (QED) is 0.481. The fraction of sp³-hybridized carbons (Fsp3) is 0.818. The number of carboxylic acids is 1. The Morgan fingerprint density at radius 2 is 2.25 bits per heavy atom. The highest BCUT2D eigenvalue weighted by atomic mass is 16.9. The Morgan fingerprint density at radius 1 is 1.55 bits per heavy atom. The molecule has 0 saturated carbocycles. The summed E-state index contributed by atoms with van der Waals surface area (Å²) < 4.78 is 0. The van der Waals surface area contributed by atoms with E-state index in [0.717, 1.165) is 12.8 Å². The van der Waals surface area contributed by atoms with Gasteiger partial charge in [0.05, 0.1) is 0 Å². The topological polar surface area (TPSA) is 136 Å². The smallest absolute Gasteiger partial charge is 0.320 e. The molecule has 3 N–H and O–H groups in total. The van der Waals surface area contributed by atoms with E-state index in [9.17, 15) is 19.7 Å². The lowest BCUT2D eigenvalue weighted by atomic mass is 9.98. The molecule has 0 aromatic carbocycles. The van der Waals surface area contributed by atoms with Gasteiger partial charge in [0.15, 0.2) is 0 Å². The van der Waals surface area contributed by atoms with Crippen LogP contribution in [0.15, 0.2) is 0 Å². The van der Waals surface area contributed by atoms with E-state index >= 15 is 0 Å². The van der Waals surface area contributed by atoms with Crippen LogP contribution in [0, 0.1) is 16.0 Å². The van der Waals surface area contributed by atoms with Gasteiger partial charge in [0.25, 0.3) is 5.09 Å². The van der Waals surface area contributed by atoms with E-state index in [0.29, 0.717) is 13.1 Å². The molecular formula is C11H19N3O6. The molecule has 1 saturated heterocycles. The molecule has 2 atom stereocenters. The predicted molar refractivity (Wildman–Crippen MR) is 67.1 cm³/mol. The summed E-state index contributed by atoms with van der Waals surface area (Å²) in [6.07, 6.45) is 1.67. The molecule has 114 valence electrons. The number of likely N-dealkylation sites (tertiary alicyclic amines) is 1. The van der Waals surface area contributed by atoms with Gasteiger partial charge in [-0.3, -0.25) is 9.59 Å². The fourth-order valence-corrected chi connectivity index (χ4v) is 2.15. The number of amides is 1. The van der Waals surface area contributed by atoms with Crippen molar-refractivity contribution in [1.82, 2.24) is 4.90 Å². The molecule has 0 bridgehead atoms. The fourth-order valence-electron chi connectivity index (χ4n) is 2.15. The molecular weight excluding hydrogens is 270 g/mol. The molecule has 0 aromatic rings.